The van der Waals surface area contributed by atoms with Crippen molar-refractivity contribution < 1.29 is 9.29 Å². The number of hydrogen-bond acceptors (Lipinski definition) is 1. The van der Waals surface area contributed by atoms with E-state index < -0.39 is 0 Å². The zero-order valence-electron chi connectivity index (χ0n) is 13.1. The molecule has 1 aliphatic rings. The van der Waals surface area contributed by atoms with Gasteiger partial charge in [0.25, 0.3) is 0 Å². The Morgan fingerprint density at radius 3 is 2.61 bits per heavy atom. The predicted molar refractivity (Wildman–Crippen MR) is 95.1 cm³/mol. The highest BCUT2D eigenvalue weighted by Gasteiger charge is 2.31. The van der Waals surface area contributed by atoms with Crippen molar-refractivity contribution >= 4 is 23.0 Å². The molecule has 0 spiro atoms. The summed E-state index contributed by atoms with van der Waals surface area (Å²) in [5, 5.41) is 3.65. The Morgan fingerprint density at radius 2 is 1.87 bits per heavy atom. The van der Waals surface area contributed by atoms with Gasteiger partial charge in [-0.25, -0.2) is 4.39 Å². The van der Waals surface area contributed by atoms with Crippen molar-refractivity contribution in [2.45, 2.75) is 6.04 Å². The number of hydrogen-bond donors (Lipinski definition) is 2. The first-order valence-electron chi connectivity index (χ1n) is 7.83. The lowest BCUT2D eigenvalue weighted by Gasteiger charge is -2.39. The van der Waals surface area contributed by atoms with E-state index in [1.54, 1.807) is 18.2 Å². The molecular formula is C18H21FN3S+. The molecule has 3 rings (SSSR count). The Hall–Kier alpha value is -1.98. The van der Waals surface area contributed by atoms with Crippen LogP contribution in [0, 0.1) is 5.82 Å². The summed E-state index contributed by atoms with van der Waals surface area (Å²) < 4.78 is 13.9. The molecule has 2 aromatic rings. The molecule has 0 amide bonds. The van der Waals surface area contributed by atoms with Gasteiger partial charge in [-0.05, 0) is 29.9 Å². The second-order valence-corrected chi connectivity index (χ2v) is 6.33. The number of anilines is 1. The first-order valence-corrected chi connectivity index (χ1v) is 8.24. The molecule has 1 aliphatic heterocycles. The van der Waals surface area contributed by atoms with Gasteiger partial charge in [0.05, 0.1) is 25.8 Å². The van der Waals surface area contributed by atoms with Crippen molar-refractivity contribution in [3.05, 3.63) is 66.0 Å². The molecule has 3 nitrogen and oxygen atoms in total. The third-order valence-corrected chi connectivity index (χ3v) is 4.59. The fraction of sp³-hybridized carbons (Fsp3) is 0.278. The van der Waals surface area contributed by atoms with E-state index in [2.05, 4.69) is 29.4 Å². The lowest BCUT2D eigenvalue weighted by Crippen LogP contribution is -3.12. The van der Waals surface area contributed by atoms with Gasteiger partial charge in [0.2, 0.25) is 0 Å². The number of piperazine rings is 1. The van der Waals surface area contributed by atoms with Gasteiger partial charge in [0, 0.05) is 0 Å². The molecule has 1 unspecified atom stereocenters. The van der Waals surface area contributed by atoms with Gasteiger partial charge in [-0.1, -0.05) is 42.5 Å². The number of para-hydroxylation sites is 1. The summed E-state index contributed by atoms with van der Waals surface area (Å²) in [6.45, 7) is 2.84. The molecule has 120 valence electrons. The van der Waals surface area contributed by atoms with Crippen LogP contribution < -0.4 is 10.2 Å². The molecule has 0 radical (unpaired) electrons. The van der Waals surface area contributed by atoms with Gasteiger partial charge in [0.15, 0.2) is 5.11 Å². The summed E-state index contributed by atoms with van der Waals surface area (Å²) in [6.07, 6.45) is 0. The molecule has 2 aromatic carbocycles. The molecule has 2 N–H and O–H groups in total. The molecule has 0 saturated carbocycles. The fourth-order valence-corrected chi connectivity index (χ4v) is 3.30. The van der Waals surface area contributed by atoms with Crippen LogP contribution in [-0.2, 0) is 0 Å². The highest BCUT2D eigenvalue weighted by atomic mass is 32.1. The van der Waals surface area contributed by atoms with Gasteiger partial charge >= 0.3 is 0 Å². The van der Waals surface area contributed by atoms with Gasteiger partial charge in [-0.15, -0.1) is 0 Å². The van der Waals surface area contributed by atoms with E-state index in [9.17, 15) is 4.39 Å². The molecular weight excluding hydrogens is 309 g/mol. The van der Waals surface area contributed by atoms with Crippen molar-refractivity contribution in [2.75, 3.05) is 32.0 Å². The Labute approximate surface area is 141 Å². The maximum absolute atomic E-state index is 13.9. The fourth-order valence-electron chi connectivity index (χ4n) is 2.98. The van der Waals surface area contributed by atoms with Crippen LogP contribution >= 0.6 is 12.2 Å². The number of halogens is 1. The number of nitrogens with zero attached hydrogens (tertiary/aromatic N) is 1. The number of quaternary nitrogens is 1. The second-order valence-electron chi connectivity index (χ2n) is 5.94. The predicted octanol–water partition coefficient (Wildman–Crippen LogP) is 2.09. The molecule has 5 heteroatoms. The van der Waals surface area contributed by atoms with Gasteiger partial charge in [-0.3, -0.25) is 0 Å². The van der Waals surface area contributed by atoms with Crippen LogP contribution in [0.15, 0.2) is 54.6 Å². The molecule has 0 bridgehead atoms. The molecule has 1 heterocycles. The number of thiocarbonyl (C=S) groups is 1. The number of benzene rings is 2. The standard InChI is InChI=1S/C18H20FN3S/c1-21-11-12-22(17(13-21)14-7-3-2-4-8-14)18(23)20-16-10-6-5-9-15(16)19/h2-10,17H,11-13H2,1H3,(H,20,23)/p+1/t17-/m0/s1. The summed E-state index contributed by atoms with van der Waals surface area (Å²) in [7, 11) is 2.20. The Kier molecular flexibility index (Phi) is 4.88. The maximum atomic E-state index is 13.9. The summed E-state index contributed by atoms with van der Waals surface area (Å²) >= 11 is 5.57. The summed E-state index contributed by atoms with van der Waals surface area (Å²) in [4.78, 5) is 3.65. The number of likely N-dealkylation sites (N-methyl/N-ethyl adjacent to an activating group) is 1. The van der Waals surface area contributed by atoms with Crippen LogP contribution in [-0.4, -0.2) is 36.7 Å². The average Bonchev–Trinajstić information content (AvgIpc) is 2.57. The van der Waals surface area contributed by atoms with E-state index in [-0.39, 0.29) is 11.9 Å². The molecule has 0 aliphatic carbocycles. The highest BCUT2D eigenvalue weighted by Crippen LogP contribution is 2.22. The molecule has 0 aromatic heterocycles. The topological polar surface area (TPSA) is 19.7 Å². The van der Waals surface area contributed by atoms with Crippen LogP contribution in [0.3, 0.4) is 0 Å². The SMILES string of the molecule is C[NH+]1CCN(C(=S)Nc2ccccc2F)[C@H](c2ccccc2)C1. The lowest BCUT2D eigenvalue weighted by atomic mass is 10.0. The van der Waals surface area contributed by atoms with Crippen LogP contribution in [0.1, 0.15) is 11.6 Å². The van der Waals surface area contributed by atoms with Crippen LogP contribution in [0.25, 0.3) is 0 Å². The third kappa shape index (κ3) is 3.68. The summed E-state index contributed by atoms with van der Waals surface area (Å²) in [6, 6.07) is 17.2. The molecule has 1 saturated heterocycles. The van der Waals surface area contributed by atoms with Gasteiger partial charge in [-0.2, -0.15) is 0 Å². The van der Waals surface area contributed by atoms with Crippen molar-refractivity contribution in [3.63, 3.8) is 0 Å². The van der Waals surface area contributed by atoms with Crippen LogP contribution in [0.5, 0.6) is 0 Å². The summed E-state index contributed by atoms with van der Waals surface area (Å²) in [5.74, 6) is -0.286. The summed E-state index contributed by atoms with van der Waals surface area (Å²) in [5.41, 5.74) is 1.67. The van der Waals surface area contributed by atoms with Crippen molar-refractivity contribution in [1.82, 2.24) is 4.90 Å². The van der Waals surface area contributed by atoms with Crippen molar-refractivity contribution in [2.24, 2.45) is 0 Å². The van der Waals surface area contributed by atoms with E-state index in [0.29, 0.717) is 10.8 Å². The zero-order chi connectivity index (χ0) is 16.2. The van der Waals surface area contributed by atoms with Gasteiger partial charge in [0.1, 0.15) is 18.4 Å². The number of nitrogens with one attached hydrogen (secondary N) is 2. The molecule has 1 fully saturated rings. The first-order chi connectivity index (χ1) is 11.1. The van der Waals surface area contributed by atoms with Crippen molar-refractivity contribution in [1.29, 1.82) is 0 Å². The molecule has 2 atom stereocenters. The van der Waals surface area contributed by atoms with Crippen molar-refractivity contribution in [3.8, 4) is 0 Å². The quantitative estimate of drug-likeness (QED) is 0.823. The van der Waals surface area contributed by atoms with E-state index in [1.165, 1.54) is 16.5 Å². The highest BCUT2D eigenvalue weighted by molar-refractivity contribution is 7.80. The minimum Gasteiger partial charge on any atom is -0.334 e. The lowest BCUT2D eigenvalue weighted by molar-refractivity contribution is -0.887. The Morgan fingerprint density at radius 1 is 1.17 bits per heavy atom. The Balaban J connectivity index is 1.81. The largest absolute Gasteiger partial charge is 0.334 e. The number of rotatable bonds is 2. The first kappa shape index (κ1) is 15.9. The van der Waals surface area contributed by atoms with E-state index in [4.69, 9.17) is 12.2 Å². The molecule has 23 heavy (non-hydrogen) atoms. The minimum atomic E-state index is -0.286. The van der Waals surface area contributed by atoms with E-state index in [1.807, 2.05) is 18.2 Å². The van der Waals surface area contributed by atoms with E-state index in [0.717, 1.165) is 19.6 Å². The average molecular weight is 330 g/mol. The van der Waals surface area contributed by atoms with Crippen LogP contribution in [0.4, 0.5) is 10.1 Å². The normalized spacial score (nSPS) is 21.0. The smallest absolute Gasteiger partial charge is 0.174 e. The maximum Gasteiger partial charge on any atom is 0.174 e. The second kappa shape index (κ2) is 7.06. The third-order valence-electron chi connectivity index (χ3n) is 4.26. The monoisotopic (exact) mass is 330 g/mol. The van der Waals surface area contributed by atoms with Crippen LogP contribution in [0.2, 0.25) is 0 Å². The zero-order valence-corrected chi connectivity index (χ0v) is 13.9. The van der Waals surface area contributed by atoms with Gasteiger partial charge < -0.3 is 15.1 Å². The van der Waals surface area contributed by atoms with E-state index >= 15 is 0 Å². The minimum absolute atomic E-state index is 0.205. The Bertz CT molecular complexity index is 677.